The summed E-state index contributed by atoms with van der Waals surface area (Å²) in [5, 5.41) is 24.6. The molecule has 0 fully saturated rings. The normalized spacial score (nSPS) is 10.4. The Kier molecular flexibility index (Phi) is 4.31. The number of rotatable bonds is 4. The zero-order valence-corrected chi connectivity index (χ0v) is 13.9. The first-order chi connectivity index (χ1) is 12.0. The van der Waals surface area contributed by atoms with E-state index in [4.69, 9.17) is 0 Å². The molecule has 3 rings (SSSR count). The third kappa shape index (κ3) is 3.12. The minimum absolute atomic E-state index is 0.0548. The third-order valence-electron chi connectivity index (χ3n) is 4.07. The number of pyridine rings is 1. The Labute approximate surface area is 144 Å². The van der Waals surface area contributed by atoms with Crippen LogP contribution in [0.1, 0.15) is 22.3 Å². The van der Waals surface area contributed by atoms with E-state index in [0.29, 0.717) is 16.8 Å². The van der Waals surface area contributed by atoms with E-state index in [1.807, 2.05) is 26.0 Å². The van der Waals surface area contributed by atoms with Gasteiger partial charge in [0.05, 0.1) is 21.7 Å². The number of fused-ring (bicyclic) bond motifs is 1. The van der Waals surface area contributed by atoms with Gasteiger partial charge in [-0.3, -0.25) is 15.1 Å². The summed E-state index contributed by atoms with van der Waals surface area (Å²) in [5.74, 6) is 0. The number of hydrogen-bond donors (Lipinski definition) is 1. The summed E-state index contributed by atoms with van der Waals surface area (Å²) in [6.45, 7) is 4.20. The van der Waals surface area contributed by atoms with Crippen molar-refractivity contribution in [3.05, 3.63) is 75.0 Å². The number of para-hydroxylation sites is 1. The van der Waals surface area contributed by atoms with Crippen LogP contribution in [0.25, 0.3) is 10.9 Å². The molecule has 0 aliphatic rings. The van der Waals surface area contributed by atoms with Crippen LogP contribution >= 0.6 is 0 Å². The largest absolute Gasteiger partial charge is 0.379 e. The number of nitrogens with zero attached hydrogens (tertiary/aromatic N) is 3. The maximum Gasteiger partial charge on any atom is 0.274 e. The van der Waals surface area contributed by atoms with Crippen LogP contribution in [0.2, 0.25) is 0 Å². The number of nitriles is 1. The zero-order chi connectivity index (χ0) is 18.0. The highest BCUT2D eigenvalue weighted by molar-refractivity contribution is 5.96. The summed E-state index contributed by atoms with van der Waals surface area (Å²) in [6.07, 6.45) is 1.53. The fourth-order valence-corrected chi connectivity index (χ4v) is 2.96. The second kappa shape index (κ2) is 6.57. The van der Waals surface area contributed by atoms with Gasteiger partial charge in [-0.15, -0.1) is 0 Å². The van der Waals surface area contributed by atoms with Crippen LogP contribution in [0.3, 0.4) is 0 Å². The van der Waals surface area contributed by atoms with Crippen LogP contribution in [0.15, 0.2) is 42.6 Å². The number of anilines is 1. The zero-order valence-electron chi connectivity index (χ0n) is 13.9. The van der Waals surface area contributed by atoms with Crippen molar-refractivity contribution >= 4 is 22.3 Å². The van der Waals surface area contributed by atoms with Crippen molar-refractivity contribution in [3.63, 3.8) is 0 Å². The fourth-order valence-electron chi connectivity index (χ4n) is 2.96. The fraction of sp³-hybridized carbons (Fsp3) is 0.158. The Hall–Kier alpha value is -3.46. The standard InChI is InChI=1S/C19H16N4O2/c1-12-7-13(2)18-16(8-12)19(15(9-20)11-21-18)22-10-14-5-3-4-6-17(14)23(24)25/h3-8,11H,10H2,1-2H3,(H,21,22). The highest BCUT2D eigenvalue weighted by atomic mass is 16.6. The highest BCUT2D eigenvalue weighted by Gasteiger charge is 2.15. The van der Waals surface area contributed by atoms with Crippen molar-refractivity contribution in [2.45, 2.75) is 20.4 Å². The van der Waals surface area contributed by atoms with Crippen molar-refractivity contribution in [2.24, 2.45) is 0 Å². The molecule has 3 aromatic rings. The topological polar surface area (TPSA) is 91.8 Å². The summed E-state index contributed by atoms with van der Waals surface area (Å²) in [6, 6.07) is 12.7. The molecule has 0 saturated carbocycles. The first-order valence-electron chi connectivity index (χ1n) is 7.77. The van der Waals surface area contributed by atoms with Crippen LogP contribution < -0.4 is 5.32 Å². The van der Waals surface area contributed by atoms with Gasteiger partial charge in [0.2, 0.25) is 0 Å². The van der Waals surface area contributed by atoms with Gasteiger partial charge in [-0.2, -0.15) is 5.26 Å². The Bertz CT molecular complexity index is 1020. The first-order valence-corrected chi connectivity index (χ1v) is 7.77. The van der Waals surface area contributed by atoms with Gasteiger partial charge in [0.15, 0.2) is 0 Å². The molecular formula is C19H16N4O2. The summed E-state index contributed by atoms with van der Waals surface area (Å²) in [4.78, 5) is 15.2. The minimum atomic E-state index is -0.402. The molecule has 0 aliphatic heterocycles. The van der Waals surface area contributed by atoms with Gasteiger partial charge in [0.25, 0.3) is 5.69 Å². The van der Waals surface area contributed by atoms with Crippen LogP contribution in [-0.4, -0.2) is 9.91 Å². The maximum atomic E-state index is 11.2. The van der Waals surface area contributed by atoms with Gasteiger partial charge >= 0.3 is 0 Å². The summed E-state index contributed by atoms with van der Waals surface area (Å²) in [5.41, 5.74) is 4.58. The molecule has 0 unspecified atom stereocenters. The molecule has 1 heterocycles. The van der Waals surface area contributed by atoms with Crippen LogP contribution in [-0.2, 0) is 6.54 Å². The van der Waals surface area contributed by atoms with Crippen molar-refractivity contribution in [2.75, 3.05) is 5.32 Å². The number of nitro groups is 1. The molecule has 0 spiro atoms. The van der Waals surface area contributed by atoms with Gasteiger partial charge in [-0.05, 0) is 25.5 Å². The number of nitrogens with one attached hydrogen (secondary N) is 1. The number of benzene rings is 2. The second-order valence-corrected chi connectivity index (χ2v) is 5.88. The van der Waals surface area contributed by atoms with Crippen molar-refractivity contribution in [1.82, 2.24) is 4.98 Å². The molecule has 0 atom stereocenters. The van der Waals surface area contributed by atoms with Gasteiger partial charge in [0, 0.05) is 29.8 Å². The SMILES string of the molecule is Cc1cc(C)c2ncc(C#N)c(NCc3ccccc3[N+](=O)[O-])c2c1. The number of aromatic nitrogens is 1. The molecule has 0 aliphatic carbocycles. The lowest BCUT2D eigenvalue weighted by Crippen LogP contribution is -2.05. The Morgan fingerprint density at radius 2 is 2.04 bits per heavy atom. The van der Waals surface area contributed by atoms with E-state index in [-0.39, 0.29) is 12.2 Å². The molecule has 0 amide bonds. The van der Waals surface area contributed by atoms with Crippen LogP contribution in [0.4, 0.5) is 11.4 Å². The van der Waals surface area contributed by atoms with E-state index in [2.05, 4.69) is 16.4 Å². The maximum absolute atomic E-state index is 11.2. The van der Waals surface area contributed by atoms with Gasteiger partial charge < -0.3 is 5.32 Å². The predicted molar refractivity (Wildman–Crippen MR) is 96.4 cm³/mol. The third-order valence-corrected chi connectivity index (χ3v) is 4.07. The Balaban J connectivity index is 2.07. The molecule has 1 N–H and O–H groups in total. The van der Waals surface area contributed by atoms with E-state index in [0.717, 1.165) is 22.0 Å². The first kappa shape index (κ1) is 16.4. The van der Waals surface area contributed by atoms with Crippen molar-refractivity contribution < 1.29 is 4.92 Å². The molecule has 6 nitrogen and oxygen atoms in total. The van der Waals surface area contributed by atoms with E-state index in [1.165, 1.54) is 12.3 Å². The lowest BCUT2D eigenvalue weighted by atomic mass is 10.0. The Morgan fingerprint density at radius 1 is 1.28 bits per heavy atom. The average Bonchev–Trinajstić information content (AvgIpc) is 2.59. The molecule has 1 aromatic heterocycles. The average molecular weight is 332 g/mol. The van der Waals surface area contributed by atoms with Gasteiger partial charge in [0.1, 0.15) is 6.07 Å². The second-order valence-electron chi connectivity index (χ2n) is 5.88. The van der Waals surface area contributed by atoms with Gasteiger partial charge in [-0.25, -0.2) is 0 Å². The molecule has 0 bridgehead atoms. The molecule has 2 aromatic carbocycles. The number of hydrogen-bond acceptors (Lipinski definition) is 5. The quantitative estimate of drug-likeness (QED) is 0.570. The summed E-state index contributed by atoms with van der Waals surface area (Å²) >= 11 is 0. The van der Waals surface area contributed by atoms with E-state index >= 15 is 0 Å². The molecular weight excluding hydrogens is 316 g/mol. The summed E-state index contributed by atoms with van der Waals surface area (Å²) < 4.78 is 0. The van der Waals surface area contributed by atoms with E-state index < -0.39 is 4.92 Å². The lowest BCUT2D eigenvalue weighted by Gasteiger charge is -2.13. The van der Waals surface area contributed by atoms with Crippen molar-refractivity contribution in [1.29, 1.82) is 5.26 Å². The molecule has 25 heavy (non-hydrogen) atoms. The van der Waals surface area contributed by atoms with E-state index in [9.17, 15) is 15.4 Å². The van der Waals surface area contributed by atoms with Gasteiger partial charge in [-0.1, -0.05) is 29.8 Å². The lowest BCUT2D eigenvalue weighted by molar-refractivity contribution is -0.385. The molecule has 0 radical (unpaired) electrons. The van der Waals surface area contributed by atoms with Crippen LogP contribution in [0, 0.1) is 35.3 Å². The number of nitro benzene ring substituents is 1. The monoisotopic (exact) mass is 332 g/mol. The Morgan fingerprint density at radius 3 is 2.76 bits per heavy atom. The van der Waals surface area contributed by atoms with E-state index in [1.54, 1.807) is 18.2 Å². The molecule has 6 heteroatoms. The molecule has 124 valence electrons. The highest BCUT2D eigenvalue weighted by Crippen LogP contribution is 2.30. The predicted octanol–water partition coefficient (Wildman–Crippen LogP) is 4.24. The number of aryl methyl sites for hydroxylation is 2. The minimum Gasteiger partial charge on any atom is -0.379 e. The molecule has 0 saturated heterocycles. The van der Waals surface area contributed by atoms with Crippen LogP contribution in [0.5, 0.6) is 0 Å². The summed E-state index contributed by atoms with van der Waals surface area (Å²) in [7, 11) is 0. The smallest absolute Gasteiger partial charge is 0.274 e. The van der Waals surface area contributed by atoms with Crippen molar-refractivity contribution in [3.8, 4) is 6.07 Å².